The molecule has 21 heavy (non-hydrogen) atoms. The van der Waals surface area contributed by atoms with E-state index in [9.17, 15) is 4.39 Å². The average molecular weight is 278 g/mol. The van der Waals surface area contributed by atoms with Crippen LogP contribution in [0.2, 0.25) is 0 Å². The van der Waals surface area contributed by atoms with E-state index in [1.165, 1.54) is 12.1 Å². The maximum Gasteiger partial charge on any atom is 0.226 e. The van der Waals surface area contributed by atoms with Crippen LogP contribution in [0.4, 0.5) is 4.39 Å². The van der Waals surface area contributed by atoms with E-state index in [1.807, 2.05) is 30.5 Å². The normalized spacial score (nSPS) is 11.1. The molecule has 0 spiro atoms. The zero-order chi connectivity index (χ0) is 14.2. The van der Waals surface area contributed by atoms with Crippen molar-refractivity contribution < 1.29 is 8.81 Å². The fourth-order valence-corrected chi connectivity index (χ4v) is 2.41. The number of hydrogen-bond acceptors (Lipinski definition) is 2. The number of rotatable bonds is 2. The number of aromatic nitrogens is 2. The Kier molecular flexibility index (Phi) is 2.60. The number of halogens is 1. The summed E-state index contributed by atoms with van der Waals surface area (Å²) in [4.78, 5) is 7.71. The molecule has 0 aliphatic rings. The zero-order valence-electron chi connectivity index (χ0n) is 11.0. The van der Waals surface area contributed by atoms with Crippen molar-refractivity contribution in [3.8, 4) is 22.7 Å². The van der Waals surface area contributed by atoms with Gasteiger partial charge >= 0.3 is 0 Å². The highest BCUT2D eigenvalue weighted by molar-refractivity contribution is 5.94. The highest BCUT2D eigenvalue weighted by Gasteiger charge is 2.12. The summed E-state index contributed by atoms with van der Waals surface area (Å²) in [5.74, 6) is 0.206. The van der Waals surface area contributed by atoms with Crippen LogP contribution in [-0.2, 0) is 0 Å². The predicted molar refractivity (Wildman–Crippen MR) is 79.2 cm³/mol. The minimum Gasteiger partial charge on any atom is -0.444 e. The van der Waals surface area contributed by atoms with Crippen molar-refractivity contribution in [3.63, 3.8) is 0 Å². The summed E-state index contributed by atoms with van der Waals surface area (Å²) in [6.45, 7) is 0. The van der Waals surface area contributed by atoms with E-state index in [0.717, 1.165) is 27.7 Å². The first-order valence-corrected chi connectivity index (χ1v) is 6.59. The zero-order valence-corrected chi connectivity index (χ0v) is 11.0. The molecule has 0 amide bonds. The van der Waals surface area contributed by atoms with Crippen LogP contribution in [0.3, 0.4) is 0 Å². The highest BCUT2D eigenvalue weighted by atomic mass is 19.1. The third kappa shape index (κ3) is 2.01. The lowest BCUT2D eigenvalue weighted by Crippen LogP contribution is -1.80. The van der Waals surface area contributed by atoms with E-state index in [4.69, 9.17) is 4.42 Å². The van der Waals surface area contributed by atoms with Gasteiger partial charge in [0.2, 0.25) is 5.89 Å². The van der Waals surface area contributed by atoms with Gasteiger partial charge in [-0.25, -0.2) is 9.37 Å². The molecule has 2 heterocycles. The summed E-state index contributed by atoms with van der Waals surface area (Å²) >= 11 is 0. The molecule has 0 saturated heterocycles. The lowest BCUT2D eigenvalue weighted by Gasteiger charge is -1.94. The molecule has 0 bridgehead atoms. The van der Waals surface area contributed by atoms with Gasteiger partial charge in [0, 0.05) is 28.2 Å². The summed E-state index contributed by atoms with van der Waals surface area (Å²) in [6, 6.07) is 14.1. The molecule has 4 rings (SSSR count). The molecule has 2 aromatic carbocycles. The number of nitrogens with one attached hydrogen (secondary N) is 1. The largest absolute Gasteiger partial charge is 0.444 e. The predicted octanol–water partition coefficient (Wildman–Crippen LogP) is 4.63. The first-order valence-electron chi connectivity index (χ1n) is 6.59. The molecule has 2 aromatic heterocycles. The summed E-state index contributed by atoms with van der Waals surface area (Å²) in [7, 11) is 0. The van der Waals surface area contributed by atoms with Crippen LogP contribution in [0.5, 0.6) is 0 Å². The molecule has 0 saturated carbocycles. The van der Waals surface area contributed by atoms with E-state index in [2.05, 4.69) is 9.97 Å². The molecule has 0 aliphatic heterocycles. The highest BCUT2D eigenvalue weighted by Crippen LogP contribution is 2.30. The lowest BCUT2D eigenvalue weighted by atomic mass is 10.1. The van der Waals surface area contributed by atoms with Crippen molar-refractivity contribution in [2.45, 2.75) is 0 Å². The van der Waals surface area contributed by atoms with Gasteiger partial charge in [0.1, 0.15) is 17.8 Å². The van der Waals surface area contributed by atoms with Crippen LogP contribution >= 0.6 is 0 Å². The first kappa shape index (κ1) is 11.9. The van der Waals surface area contributed by atoms with Crippen molar-refractivity contribution >= 4 is 10.9 Å². The first-order chi connectivity index (χ1) is 10.3. The number of aromatic amines is 1. The third-order valence-corrected chi connectivity index (χ3v) is 3.46. The number of fused-ring (bicyclic) bond motifs is 1. The number of H-pyrrole nitrogens is 1. The van der Waals surface area contributed by atoms with Gasteiger partial charge in [-0.3, -0.25) is 0 Å². The van der Waals surface area contributed by atoms with Crippen LogP contribution in [0.1, 0.15) is 0 Å². The smallest absolute Gasteiger partial charge is 0.226 e. The number of hydrogen-bond donors (Lipinski definition) is 1. The quantitative estimate of drug-likeness (QED) is 0.581. The van der Waals surface area contributed by atoms with Crippen molar-refractivity contribution in [2.75, 3.05) is 0 Å². The Balaban J connectivity index is 1.79. The minimum atomic E-state index is -0.276. The molecule has 0 aliphatic carbocycles. The lowest BCUT2D eigenvalue weighted by molar-refractivity contribution is 0.574. The molecule has 4 heteroatoms. The Bertz CT molecular complexity index is 906. The molecule has 4 aromatic rings. The van der Waals surface area contributed by atoms with E-state index in [1.54, 1.807) is 18.4 Å². The average Bonchev–Trinajstić information content (AvgIpc) is 3.14. The number of oxazole rings is 1. The molecule has 0 fully saturated rings. The summed E-state index contributed by atoms with van der Waals surface area (Å²) < 4.78 is 18.5. The summed E-state index contributed by atoms with van der Waals surface area (Å²) in [5.41, 5.74) is 3.55. The summed E-state index contributed by atoms with van der Waals surface area (Å²) in [6.07, 6.45) is 3.53. The standard InChI is InChI=1S/C17H11FN2O/c18-12-7-5-11(6-8-12)17-20-16(10-21-17)14-9-19-15-4-2-1-3-13(14)15/h1-10,19H. The van der Waals surface area contributed by atoms with Gasteiger partial charge < -0.3 is 9.40 Å². The molecule has 0 radical (unpaired) electrons. The second kappa shape index (κ2) is 4.59. The maximum atomic E-state index is 13.0. The molecular formula is C17H11FN2O. The van der Waals surface area contributed by atoms with Crippen molar-refractivity contribution in [2.24, 2.45) is 0 Å². The Labute approximate surface area is 120 Å². The van der Waals surface area contributed by atoms with Gasteiger partial charge in [0.15, 0.2) is 0 Å². The number of benzene rings is 2. The van der Waals surface area contributed by atoms with E-state index in [-0.39, 0.29) is 5.82 Å². The molecule has 102 valence electrons. The fraction of sp³-hybridized carbons (Fsp3) is 0. The number of nitrogens with zero attached hydrogens (tertiary/aromatic N) is 1. The van der Waals surface area contributed by atoms with Crippen LogP contribution in [0.25, 0.3) is 33.6 Å². The van der Waals surface area contributed by atoms with E-state index in [0.29, 0.717) is 5.89 Å². The Morgan fingerprint density at radius 2 is 1.81 bits per heavy atom. The van der Waals surface area contributed by atoms with Gasteiger partial charge in [0.25, 0.3) is 0 Å². The second-order valence-electron chi connectivity index (χ2n) is 4.79. The molecular weight excluding hydrogens is 267 g/mol. The third-order valence-electron chi connectivity index (χ3n) is 3.46. The fourth-order valence-electron chi connectivity index (χ4n) is 2.41. The van der Waals surface area contributed by atoms with Crippen molar-refractivity contribution in [1.29, 1.82) is 0 Å². The van der Waals surface area contributed by atoms with Gasteiger partial charge in [0.05, 0.1) is 0 Å². The van der Waals surface area contributed by atoms with Gasteiger partial charge in [-0.2, -0.15) is 0 Å². The van der Waals surface area contributed by atoms with E-state index >= 15 is 0 Å². The van der Waals surface area contributed by atoms with Gasteiger partial charge in [-0.05, 0) is 30.3 Å². The Hall–Kier alpha value is -2.88. The molecule has 0 atom stereocenters. The van der Waals surface area contributed by atoms with Crippen LogP contribution in [0, 0.1) is 5.82 Å². The number of para-hydroxylation sites is 1. The minimum absolute atomic E-state index is 0.276. The summed E-state index contributed by atoms with van der Waals surface area (Å²) in [5, 5.41) is 1.09. The van der Waals surface area contributed by atoms with Crippen molar-refractivity contribution in [3.05, 3.63) is 66.8 Å². The van der Waals surface area contributed by atoms with Crippen molar-refractivity contribution in [1.82, 2.24) is 9.97 Å². The Morgan fingerprint density at radius 3 is 2.67 bits per heavy atom. The molecule has 3 nitrogen and oxygen atoms in total. The van der Waals surface area contributed by atoms with Gasteiger partial charge in [-0.1, -0.05) is 18.2 Å². The van der Waals surface area contributed by atoms with Crippen LogP contribution < -0.4 is 0 Å². The van der Waals surface area contributed by atoms with E-state index < -0.39 is 0 Å². The Morgan fingerprint density at radius 1 is 1.00 bits per heavy atom. The molecule has 0 unspecified atom stereocenters. The van der Waals surface area contributed by atoms with Crippen LogP contribution in [0.15, 0.2) is 65.4 Å². The maximum absolute atomic E-state index is 13.0. The molecule has 1 N–H and O–H groups in total. The monoisotopic (exact) mass is 278 g/mol. The van der Waals surface area contributed by atoms with Gasteiger partial charge in [-0.15, -0.1) is 0 Å². The second-order valence-corrected chi connectivity index (χ2v) is 4.79. The SMILES string of the molecule is Fc1ccc(-c2nc(-c3c[nH]c4ccccc34)co2)cc1. The van der Waals surface area contributed by atoms with Crippen LogP contribution in [-0.4, -0.2) is 9.97 Å². The topological polar surface area (TPSA) is 41.8 Å².